The Balaban J connectivity index is 2.05. The fourth-order valence-electron chi connectivity index (χ4n) is 1.47. The fraction of sp³-hybridized carbons (Fsp3) is 0.400. The first-order valence-corrected chi connectivity index (χ1v) is 4.96. The minimum absolute atomic E-state index is 0.105. The molecule has 0 spiro atoms. The van der Waals surface area contributed by atoms with E-state index in [4.69, 9.17) is 16.3 Å². The van der Waals surface area contributed by atoms with Crippen molar-refractivity contribution in [2.45, 2.75) is 12.5 Å². The molecule has 0 aromatic heterocycles. The summed E-state index contributed by atoms with van der Waals surface area (Å²) < 4.78 is 18.4. The van der Waals surface area contributed by atoms with Crippen LogP contribution in [-0.2, 0) is 0 Å². The van der Waals surface area contributed by atoms with Crippen molar-refractivity contribution in [2.75, 3.05) is 13.1 Å². The Bertz CT molecular complexity index is 326. The van der Waals surface area contributed by atoms with Gasteiger partial charge in [0.25, 0.3) is 0 Å². The molecule has 1 fully saturated rings. The Hall–Kier alpha value is -0.800. The van der Waals surface area contributed by atoms with E-state index in [2.05, 4.69) is 5.32 Å². The molecule has 1 aromatic carbocycles. The van der Waals surface area contributed by atoms with Crippen LogP contribution < -0.4 is 10.1 Å². The molecule has 1 heterocycles. The molecule has 1 atom stereocenters. The number of nitrogens with one attached hydrogen (secondary N) is 1. The topological polar surface area (TPSA) is 21.3 Å². The van der Waals surface area contributed by atoms with Gasteiger partial charge in [-0.15, -0.1) is 0 Å². The Morgan fingerprint density at radius 3 is 3.00 bits per heavy atom. The highest BCUT2D eigenvalue weighted by atomic mass is 35.5. The lowest BCUT2D eigenvalue weighted by Crippen LogP contribution is -2.19. The van der Waals surface area contributed by atoms with Crippen LogP contribution in [0.25, 0.3) is 0 Å². The first kappa shape index (κ1) is 9.74. The molecule has 2 rings (SSSR count). The van der Waals surface area contributed by atoms with Gasteiger partial charge in [-0.3, -0.25) is 0 Å². The van der Waals surface area contributed by atoms with Crippen LogP contribution in [0.5, 0.6) is 5.75 Å². The molecular formula is C10H11ClFNO. The van der Waals surface area contributed by atoms with Crippen LogP contribution in [0.1, 0.15) is 6.42 Å². The molecule has 0 saturated carbocycles. The zero-order chi connectivity index (χ0) is 9.97. The SMILES string of the molecule is Fc1ccc(O[C@H]2CCNC2)cc1Cl. The summed E-state index contributed by atoms with van der Waals surface area (Å²) >= 11 is 5.63. The van der Waals surface area contributed by atoms with E-state index in [0.29, 0.717) is 5.75 Å². The Labute approximate surface area is 87.0 Å². The van der Waals surface area contributed by atoms with E-state index in [9.17, 15) is 4.39 Å². The first-order valence-electron chi connectivity index (χ1n) is 4.58. The molecule has 1 aliphatic rings. The maximum atomic E-state index is 12.8. The van der Waals surface area contributed by atoms with Crippen molar-refractivity contribution < 1.29 is 9.13 Å². The lowest BCUT2D eigenvalue weighted by molar-refractivity contribution is 0.223. The van der Waals surface area contributed by atoms with E-state index in [1.807, 2.05) is 0 Å². The van der Waals surface area contributed by atoms with Gasteiger partial charge in [0.05, 0.1) is 5.02 Å². The average molecular weight is 216 g/mol. The van der Waals surface area contributed by atoms with E-state index >= 15 is 0 Å². The van der Waals surface area contributed by atoms with Gasteiger partial charge in [0.1, 0.15) is 17.7 Å². The molecule has 0 bridgehead atoms. The predicted octanol–water partition coefficient (Wildman–Crippen LogP) is 2.22. The molecule has 4 heteroatoms. The van der Waals surface area contributed by atoms with Crippen molar-refractivity contribution in [3.05, 3.63) is 29.0 Å². The largest absolute Gasteiger partial charge is 0.489 e. The van der Waals surface area contributed by atoms with Gasteiger partial charge >= 0.3 is 0 Å². The molecule has 76 valence electrons. The van der Waals surface area contributed by atoms with E-state index in [1.54, 1.807) is 6.07 Å². The Kier molecular flexibility index (Phi) is 2.89. The second kappa shape index (κ2) is 4.15. The molecule has 1 aromatic rings. The highest BCUT2D eigenvalue weighted by Crippen LogP contribution is 2.22. The predicted molar refractivity (Wildman–Crippen MR) is 53.3 cm³/mol. The summed E-state index contributed by atoms with van der Waals surface area (Å²) in [7, 11) is 0. The lowest BCUT2D eigenvalue weighted by atomic mass is 10.3. The van der Waals surface area contributed by atoms with Gasteiger partial charge in [0.15, 0.2) is 0 Å². The molecule has 1 aliphatic heterocycles. The van der Waals surface area contributed by atoms with Crippen LogP contribution in [0, 0.1) is 5.82 Å². The summed E-state index contributed by atoms with van der Waals surface area (Å²) in [5.41, 5.74) is 0. The number of benzene rings is 1. The van der Waals surface area contributed by atoms with Crippen molar-refractivity contribution in [2.24, 2.45) is 0 Å². The van der Waals surface area contributed by atoms with Gasteiger partial charge in [-0.1, -0.05) is 11.6 Å². The van der Waals surface area contributed by atoms with Crippen molar-refractivity contribution >= 4 is 11.6 Å². The number of ether oxygens (including phenoxy) is 1. The van der Waals surface area contributed by atoms with Crippen LogP contribution in [0.2, 0.25) is 5.02 Å². The summed E-state index contributed by atoms with van der Waals surface area (Å²) in [6.07, 6.45) is 1.16. The maximum Gasteiger partial charge on any atom is 0.142 e. The number of hydrogen-bond donors (Lipinski definition) is 1. The Morgan fingerprint density at radius 2 is 2.36 bits per heavy atom. The molecular weight excluding hydrogens is 205 g/mol. The fourth-order valence-corrected chi connectivity index (χ4v) is 1.64. The zero-order valence-corrected chi connectivity index (χ0v) is 8.35. The van der Waals surface area contributed by atoms with Crippen molar-refractivity contribution in [1.29, 1.82) is 0 Å². The molecule has 1 saturated heterocycles. The van der Waals surface area contributed by atoms with Crippen LogP contribution in [0.4, 0.5) is 4.39 Å². The third-order valence-electron chi connectivity index (χ3n) is 2.21. The van der Waals surface area contributed by atoms with E-state index < -0.39 is 5.82 Å². The van der Waals surface area contributed by atoms with Gasteiger partial charge in [0.2, 0.25) is 0 Å². The maximum absolute atomic E-state index is 12.8. The summed E-state index contributed by atoms with van der Waals surface area (Å²) in [5, 5.41) is 3.29. The van der Waals surface area contributed by atoms with Crippen LogP contribution in [0.3, 0.4) is 0 Å². The standard InChI is InChI=1S/C10H11ClFNO/c11-9-5-7(1-2-10(9)12)14-8-3-4-13-6-8/h1-2,5,8,13H,3-4,6H2/t8-/m0/s1. The molecule has 2 nitrogen and oxygen atoms in total. The first-order chi connectivity index (χ1) is 6.75. The number of halogens is 2. The summed E-state index contributed by atoms with van der Waals surface area (Å²) in [4.78, 5) is 0. The third-order valence-corrected chi connectivity index (χ3v) is 2.50. The van der Waals surface area contributed by atoms with E-state index in [-0.39, 0.29) is 11.1 Å². The smallest absolute Gasteiger partial charge is 0.142 e. The van der Waals surface area contributed by atoms with Crippen LogP contribution >= 0.6 is 11.6 Å². The summed E-state index contributed by atoms with van der Waals surface area (Å²) in [6.45, 7) is 1.81. The molecule has 0 unspecified atom stereocenters. The van der Waals surface area contributed by atoms with Crippen molar-refractivity contribution in [3.8, 4) is 5.75 Å². The zero-order valence-electron chi connectivity index (χ0n) is 7.59. The van der Waals surface area contributed by atoms with Gasteiger partial charge in [-0.25, -0.2) is 4.39 Å². The van der Waals surface area contributed by atoms with Crippen LogP contribution in [-0.4, -0.2) is 19.2 Å². The molecule has 0 radical (unpaired) electrons. The molecule has 14 heavy (non-hydrogen) atoms. The molecule has 0 aliphatic carbocycles. The van der Waals surface area contributed by atoms with Crippen molar-refractivity contribution in [3.63, 3.8) is 0 Å². The lowest BCUT2D eigenvalue weighted by Gasteiger charge is -2.12. The molecule has 0 amide bonds. The second-order valence-electron chi connectivity index (χ2n) is 3.31. The normalized spacial score (nSPS) is 21.1. The van der Waals surface area contributed by atoms with E-state index in [1.165, 1.54) is 12.1 Å². The van der Waals surface area contributed by atoms with Gasteiger partial charge in [0, 0.05) is 12.6 Å². The molecule has 1 N–H and O–H groups in total. The van der Waals surface area contributed by atoms with E-state index in [0.717, 1.165) is 19.5 Å². The van der Waals surface area contributed by atoms with Crippen LogP contribution in [0.15, 0.2) is 18.2 Å². The monoisotopic (exact) mass is 215 g/mol. The number of hydrogen-bond acceptors (Lipinski definition) is 2. The summed E-state index contributed by atoms with van der Waals surface area (Å²) in [5.74, 6) is 0.216. The minimum atomic E-state index is -0.413. The number of rotatable bonds is 2. The van der Waals surface area contributed by atoms with Gasteiger partial charge in [-0.05, 0) is 25.1 Å². The Morgan fingerprint density at radius 1 is 1.50 bits per heavy atom. The quantitative estimate of drug-likeness (QED) is 0.817. The highest BCUT2D eigenvalue weighted by Gasteiger charge is 2.16. The average Bonchev–Trinajstić information content (AvgIpc) is 2.64. The van der Waals surface area contributed by atoms with Gasteiger partial charge < -0.3 is 10.1 Å². The minimum Gasteiger partial charge on any atom is -0.489 e. The van der Waals surface area contributed by atoms with Crippen molar-refractivity contribution in [1.82, 2.24) is 5.32 Å². The third kappa shape index (κ3) is 2.16. The highest BCUT2D eigenvalue weighted by molar-refractivity contribution is 6.30. The second-order valence-corrected chi connectivity index (χ2v) is 3.72. The summed E-state index contributed by atoms with van der Waals surface area (Å²) in [6, 6.07) is 4.43. The van der Waals surface area contributed by atoms with Gasteiger partial charge in [-0.2, -0.15) is 0 Å².